The normalized spacial score (nSPS) is 17.1. The highest BCUT2D eigenvalue weighted by Gasteiger charge is 2.42. The molecule has 0 amide bonds. The topological polar surface area (TPSA) is 91.7 Å². The summed E-state index contributed by atoms with van der Waals surface area (Å²) in [5.74, 6) is 0.385. The number of nitrogens with zero attached hydrogens (tertiary/aromatic N) is 4. The Morgan fingerprint density at radius 3 is 2.41 bits per heavy atom. The molecule has 1 fully saturated rings. The number of methoxy groups -OCH3 is 1. The van der Waals surface area contributed by atoms with Gasteiger partial charge in [-0.15, -0.1) is 0 Å². The van der Waals surface area contributed by atoms with Gasteiger partial charge in [-0.1, -0.05) is 6.07 Å². The largest absolute Gasteiger partial charge is 0.494 e. The van der Waals surface area contributed by atoms with E-state index in [9.17, 15) is 8.42 Å². The van der Waals surface area contributed by atoms with Crippen LogP contribution in [0, 0.1) is 0 Å². The molecule has 4 aromatic rings. The standard InChI is InChI=1S/C28H30N6O3S2/c1-32(2)19-10-12-20(13-11-19)33-17-7-9-24(33)27-26(23-8-5-6-16-29-23)30-28(38)34(27)21-14-15-22(25(18-21)37-3)31-39(4,35)36/h5-18,26-27,31H,1-4H3,(H,30,38)/t26-,27+/m0/s1. The molecule has 0 saturated carbocycles. The summed E-state index contributed by atoms with van der Waals surface area (Å²) >= 11 is 5.88. The van der Waals surface area contributed by atoms with E-state index in [1.807, 2.05) is 55.5 Å². The second-order valence-electron chi connectivity index (χ2n) is 9.47. The molecule has 1 aliphatic heterocycles. The molecule has 1 saturated heterocycles. The summed E-state index contributed by atoms with van der Waals surface area (Å²) in [6, 6.07) is 23.1. The number of rotatable bonds is 8. The minimum Gasteiger partial charge on any atom is -0.494 e. The first kappa shape index (κ1) is 26.5. The fraction of sp³-hybridized carbons (Fsp3) is 0.214. The van der Waals surface area contributed by atoms with Gasteiger partial charge in [0.1, 0.15) is 11.8 Å². The van der Waals surface area contributed by atoms with Crippen molar-refractivity contribution >= 4 is 44.4 Å². The Labute approximate surface area is 234 Å². The summed E-state index contributed by atoms with van der Waals surface area (Å²) in [5.41, 5.74) is 5.09. The van der Waals surface area contributed by atoms with Gasteiger partial charge in [0.25, 0.3) is 0 Å². The first-order chi connectivity index (χ1) is 18.7. The van der Waals surface area contributed by atoms with Crippen LogP contribution in [0.3, 0.4) is 0 Å². The number of ether oxygens (including phenoxy) is 1. The zero-order valence-electron chi connectivity index (χ0n) is 22.1. The van der Waals surface area contributed by atoms with Crippen molar-refractivity contribution in [2.24, 2.45) is 0 Å². The van der Waals surface area contributed by atoms with Crippen molar-refractivity contribution < 1.29 is 13.2 Å². The Kier molecular flexibility index (Phi) is 7.19. The monoisotopic (exact) mass is 562 g/mol. The second-order valence-corrected chi connectivity index (χ2v) is 11.6. The van der Waals surface area contributed by atoms with Gasteiger partial charge in [-0.05, 0) is 72.9 Å². The van der Waals surface area contributed by atoms with Crippen molar-refractivity contribution in [3.05, 3.63) is 96.6 Å². The van der Waals surface area contributed by atoms with E-state index in [0.717, 1.165) is 34.7 Å². The van der Waals surface area contributed by atoms with Crippen LogP contribution < -0.4 is 24.6 Å². The molecule has 0 unspecified atom stereocenters. The smallest absolute Gasteiger partial charge is 0.229 e. The number of hydrogen-bond acceptors (Lipinski definition) is 6. The summed E-state index contributed by atoms with van der Waals surface area (Å²) in [6.45, 7) is 0. The fourth-order valence-electron chi connectivity index (χ4n) is 4.83. The van der Waals surface area contributed by atoms with Gasteiger partial charge in [0.15, 0.2) is 5.11 Å². The fourth-order valence-corrected chi connectivity index (χ4v) is 5.74. The minimum atomic E-state index is -3.48. The third-order valence-corrected chi connectivity index (χ3v) is 7.49. The molecule has 1 aliphatic rings. The van der Waals surface area contributed by atoms with E-state index in [4.69, 9.17) is 17.0 Å². The van der Waals surface area contributed by atoms with Crippen LogP contribution in [0.1, 0.15) is 23.5 Å². The Morgan fingerprint density at radius 1 is 1.03 bits per heavy atom. The van der Waals surface area contributed by atoms with E-state index in [2.05, 4.69) is 54.8 Å². The molecule has 202 valence electrons. The van der Waals surface area contributed by atoms with Gasteiger partial charge < -0.3 is 24.4 Å². The van der Waals surface area contributed by atoms with Crippen molar-refractivity contribution in [3.8, 4) is 11.4 Å². The highest BCUT2D eigenvalue weighted by Crippen LogP contribution is 2.44. The van der Waals surface area contributed by atoms with Crippen LogP contribution in [0.5, 0.6) is 5.75 Å². The van der Waals surface area contributed by atoms with Crippen LogP contribution in [0.2, 0.25) is 0 Å². The van der Waals surface area contributed by atoms with Gasteiger partial charge in [0, 0.05) is 55.3 Å². The lowest BCUT2D eigenvalue weighted by molar-refractivity contribution is 0.417. The predicted molar refractivity (Wildman–Crippen MR) is 159 cm³/mol. The van der Waals surface area contributed by atoms with E-state index in [-0.39, 0.29) is 12.1 Å². The molecule has 5 rings (SSSR count). The quantitative estimate of drug-likeness (QED) is 0.304. The SMILES string of the molecule is COc1cc(N2C(=S)N[C@@H](c3ccccn3)[C@H]2c2cccn2-c2ccc(N(C)C)cc2)ccc1NS(C)(=O)=O. The average molecular weight is 563 g/mol. The zero-order chi connectivity index (χ0) is 27.7. The third-order valence-electron chi connectivity index (χ3n) is 6.58. The molecule has 11 heteroatoms. The Bertz CT molecular complexity index is 1590. The first-order valence-corrected chi connectivity index (χ1v) is 14.6. The lowest BCUT2D eigenvalue weighted by atomic mass is 10.0. The maximum atomic E-state index is 11.9. The molecule has 2 aromatic carbocycles. The number of anilines is 3. The zero-order valence-corrected chi connectivity index (χ0v) is 23.7. The van der Waals surface area contributed by atoms with Crippen LogP contribution in [0.15, 0.2) is 85.2 Å². The molecule has 2 atom stereocenters. The van der Waals surface area contributed by atoms with Gasteiger partial charge in [-0.25, -0.2) is 8.42 Å². The average Bonchev–Trinajstić information content (AvgIpc) is 3.53. The van der Waals surface area contributed by atoms with Crippen molar-refractivity contribution in [2.45, 2.75) is 12.1 Å². The summed E-state index contributed by atoms with van der Waals surface area (Å²) in [6.07, 6.45) is 4.91. The maximum absolute atomic E-state index is 11.9. The van der Waals surface area contributed by atoms with E-state index in [1.165, 1.54) is 7.11 Å². The Hall–Kier alpha value is -4.09. The molecule has 2 N–H and O–H groups in total. The van der Waals surface area contributed by atoms with E-state index < -0.39 is 10.0 Å². The number of thiocarbonyl (C=S) groups is 1. The molecule has 0 aliphatic carbocycles. The number of hydrogen-bond donors (Lipinski definition) is 2. The number of sulfonamides is 1. The van der Waals surface area contributed by atoms with Crippen molar-refractivity contribution in [1.29, 1.82) is 0 Å². The number of pyridine rings is 1. The number of nitrogens with one attached hydrogen (secondary N) is 2. The summed E-state index contributed by atoms with van der Waals surface area (Å²) in [5, 5.41) is 4.00. The van der Waals surface area contributed by atoms with E-state index in [0.29, 0.717) is 16.5 Å². The van der Waals surface area contributed by atoms with E-state index >= 15 is 0 Å². The molecule has 2 aromatic heterocycles. The van der Waals surface area contributed by atoms with Crippen molar-refractivity contribution in [2.75, 3.05) is 42.0 Å². The van der Waals surface area contributed by atoms with Gasteiger partial charge >= 0.3 is 0 Å². The van der Waals surface area contributed by atoms with Crippen LogP contribution in [0.4, 0.5) is 17.1 Å². The molecule has 0 spiro atoms. The molecule has 39 heavy (non-hydrogen) atoms. The molecular weight excluding hydrogens is 532 g/mol. The third kappa shape index (κ3) is 5.41. The molecule has 0 bridgehead atoms. The summed E-state index contributed by atoms with van der Waals surface area (Å²) < 4.78 is 34.0. The molecule has 0 radical (unpaired) electrons. The van der Waals surface area contributed by atoms with Crippen LogP contribution in [-0.4, -0.2) is 50.5 Å². The predicted octanol–water partition coefficient (Wildman–Crippen LogP) is 4.50. The number of benzene rings is 2. The first-order valence-electron chi connectivity index (χ1n) is 12.3. The van der Waals surface area contributed by atoms with Crippen LogP contribution >= 0.6 is 12.2 Å². The van der Waals surface area contributed by atoms with Crippen molar-refractivity contribution in [1.82, 2.24) is 14.9 Å². The lowest BCUT2D eigenvalue weighted by Gasteiger charge is -2.29. The molecule has 3 heterocycles. The molecule has 9 nitrogen and oxygen atoms in total. The second kappa shape index (κ2) is 10.6. The van der Waals surface area contributed by atoms with E-state index in [1.54, 1.807) is 18.3 Å². The Morgan fingerprint density at radius 2 is 1.77 bits per heavy atom. The minimum absolute atomic E-state index is 0.242. The van der Waals surface area contributed by atoms with Crippen LogP contribution in [-0.2, 0) is 10.0 Å². The lowest BCUT2D eigenvalue weighted by Crippen LogP contribution is -2.30. The van der Waals surface area contributed by atoms with Gasteiger partial charge in [-0.2, -0.15) is 0 Å². The van der Waals surface area contributed by atoms with Crippen LogP contribution in [0.25, 0.3) is 5.69 Å². The van der Waals surface area contributed by atoms with Gasteiger partial charge in [0.05, 0.1) is 30.8 Å². The maximum Gasteiger partial charge on any atom is 0.229 e. The van der Waals surface area contributed by atoms with Gasteiger partial charge in [0.2, 0.25) is 10.0 Å². The highest BCUT2D eigenvalue weighted by molar-refractivity contribution is 7.92. The summed E-state index contributed by atoms with van der Waals surface area (Å²) in [4.78, 5) is 8.73. The molecular formula is C28H30N6O3S2. The number of aromatic nitrogens is 2. The summed E-state index contributed by atoms with van der Waals surface area (Å²) in [7, 11) is 2.05. The van der Waals surface area contributed by atoms with Gasteiger partial charge in [-0.3, -0.25) is 9.71 Å². The highest BCUT2D eigenvalue weighted by atomic mass is 32.2. The Balaban J connectivity index is 1.63. The van der Waals surface area contributed by atoms with Crippen molar-refractivity contribution in [3.63, 3.8) is 0 Å².